The van der Waals surface area contributed by atoms with E-state index >= 15 is 0 Å². The molecule has 4 aromatic rings. The molecule has 142 valence electrons. The predicted octanol–water partition coefficient (Wildman–Crippen LogP) is 4.55. The second-order valence-corrected chi connectivity index (χ2v) is 6.38. The molecule has 0 radical (unpaired) electrons. The predicted molar refractivity (Wildman–Crippen MR) is 105 cm³/mol. The van der Waals surface area contributed by atoms with Gasteiger partial charge in [-0.2, -0.15) is 0 Å². The summed E-state index contributed by atoms with van der Waals surface area (Å²) in [6, 6.07) is 15.3. The number of furan rings is 1. The van der Waals surface area contributed by atoms with Gasteiger partial charge in [-0.15, -0.1) is 0 Å². The number of benzene rings is 2. The van der Waals surface area contributed by atoms with E-state index in [9.17, 15) is 9.18 Å². The first kappa shape index (κ1) is 17.9. The first-order valence-corrected chi connectivity index (χ1v) is 8.92. The van der Waals surface area contributed by atoms with Crippen LogP contribution in [0.3, 0.4) is 0 Å². The SMILES string of the molecule is COc1ccc2c(CCNC(=O)c3ccc(-c4ccccc4F)o3)c[nH]c2c1. The number of H-pyrrole nitrogens is 1. The first-order valence-electron chi connectivity index (χ1n) is 8.92. The number of ether oxygens (including phenoxy) is 1. The standard InChI is InChI=1S/C22H19FN2O3/c1-27-15-6-7-16-14(13-25-19(16)12-15)10-11-24-22(26)21-9-8-20(28-21)17-4-2-3-5-18(17)23/h2-9,12-13,25H,10-11H2,1H3,(H,24,26). The number of carbonyl (C=O) groups is 1. The lowest BCUT2D eigenvalue weighted by Gasteiger charge is -2.04. The van der Waals surface area contributed by atoms with E-state index < -0.39 is 0 Å². The maximum Gasteiger partial charge on any atom is 0.287 e. The highest BCUT2D eigenvalue weighted by atomic mass is 19.1. The number of aromatic nitrogens is 1. The van der Waals surface area contributed by atoms with E-state index in [1.54, 1.807) is 37.4 Å². The Labute approximate surface area is 161 Å². The van der Waals surface area contributed by atoms with E-state index in [0.717, 1.165) is 22.2 Å². The fraction of sp³-hybridized carbons (Fsp3) is 0.136. The number of aromatic amines is 1. The molecule has 2 N–H and O–H groups in total. The lowest BCUT2D eigenvalue weighted by molar-refractivity contribution is 0.0927. The van der Waals surface area contributed by atoms with Crippen molar-refractivity contribution in [2.24, 2.45) is 0 Å². The van der Waals surface area contributed by atoms with Crippen molar-refractivity contribution in [2.75, 3.05) is 13.7 Å². The molecule has 0 bridgehead atoms. The van der Waals surface area contributed by atoms with E-state index in [-0.39, 0.29) is 17.5 Å². The fourth-order valence-electron chi connectivity index (χ4n) is 3.16. The third-order valence-electron chi connectivity index (χ3n) is 4.62. The Morgan fingerprint density at radius 2 is 2.04 bits per heavy atom. The summed E-state index contributed by atoms with van der Waals surface area (Å²) in [6.07, 6.45) is 2.60. The van der Waals surface area contributed by atoms with E-state index in [1.807, 2.05) is 24.4 Å². The van der Waals surface area contributed by atoms with Crippen molar-refractivity contribution in [3.05, 3.63) is 77.9 Å². The van der Waals surface area contributed by atoms with Crippen molar-refractivity contribution >= 4 is 16.8 Å². The molecule has 0 aliphatic heterocycles. The second kappa shape index (κ2) is 7.60. The molecule has 0 unspecified atom stereocenters. The van der Waals surface area contributed by atoms with Gasteiger partial charge in [0.15, 0.2) is 5.76 Å². The Bertz CT molecular complexity index is 1130. The molecule has 0 saturated carbocycles. The molecule has 0 atom stereocenters. The lowest BCUT2D eigenvalue weighted by Crippen LogP contribution is -2.25. The molecule has 0 spiro atoms. The number of hydrogen-bond donors (Lipinski definition) is 2. The molecular weight excluding hydrogens is 359 g/mol. The highest BCUT2D eigenvalue weighted by molar-refractivity contribution is 5.92. The van der Waals surface area contributed by atoms with Gasteiger partial charge in [-0.05, 0) is 48.4 Å². The maximum atomic E-state index is 13.8. The molecule has 5 nitrogen and oxygen atoms in total. The van der Waals surface area contributed by atoms with Gasteiger partial charge in [-0.1, -0.05) is 12.1 Å². The average molecular weight is 378 g/mol. The van der Waals surface area contributed by atoms with Crippen LogP contribution in [0.1, 0.15) is 16.1 Å². The van der Waals surface area contributed by atoms with Crippen molar-refractivity contribution in [1.29, 1.82) is 0 Å². The van der Waals surface area contributed by atoms with E-state index in [2.05, 4.69) is 10.3 Å². The highest BCUT2D eigenvalue weighted by Gasteiger charge is 2.14. The van der Waals surface area contributed by atoms with Crippen molar-refractivity contribution in [3.8, 4) is 17.1 Å². The second-order valence-electron chi connectivity index (χ2n) is 6.38. The molecule has 6 heteroatoms. The normalized spacial score (nSPS) is 10.9. The summed E-state index contributed by atoms with van der Waals surface area (Å²) in [5.74, 6) is 0.553. The molecule has 0 fully saturated rings. The van der Waals surface area contributed by atoms with Gasteiger partial charge in [0.2, 0.25) is 0 Å². The smallest absolute Gasteiger partial charge is 0.287 e. The lowest BCUT2D eigenvalue weighted by atomic mass is 10.1. The zero-order chi connectivity index (χ0) is 19.5. The Hall–Kier alpha value is -3.54. The Morgan fingerprint density at radius 3 is 2.86 bits per heavy atom. The number of amides is 1. The number of nitrogens with one attached hydrogen (secondary N) is 2. The number of rotatable bonds is 6. The minimum absolute atomic E-state index is 0.155. The fourth-order valence-corrected chi connectivity index (χ4v) is 3.16. The summed E-state index contributed by atoms with van der Waals surface area (Å²) in [7, 11) is 1.63. The van der Waals surface area contributed by atoms with E-state index in [1.165, 1.54) is 6.07 Å². The Morgan fingerprint density at radius 1 is 1.18 bits per heavy atom. The van der Waals surface area contributed by atoms with E-state index in [0.29, 0.717) is 24.3 Å². The zero-order valence-corrected chi connectivity index (χ0v) is 15.3. The van der Waals surface area contributed by atoms with Crippen LogP contribution >= 0.6 is 0 Å². The molecule has 28 heavy (non-hydrogen) atoms. The third-order valence-corrected chi connectivity index (χ3v) is 4.62. The van der Waals surface area contributed by atoms with Crippen LogP contribution in [0.5, 0.6) is 5.75 Å². The number of halogens is 1. The van der Waals surface area contributed by atoms with Crippen LogP contribution in [0.4, 0.5) is 4.39 Å². The van der Waals surface area contributed by atoms with Crippen LogP contribution in [0, 0.1) is 5.82 Å². The highest BCUT2D eigenvalue weighted by Crippen LogP contribution is 2.25. The van der Waals surface area contributed by atoms with Crippen LogP contribution in [0.2, 0.25) is 0 Å². The number of hydrogen-bond acceptors (Lipinski definition) is 3. The Kier molecular flexibility index (Phi) is 4.85. The molecule has 2 aromatic heterocycles. The summed E-state index contributed by atoms with van der Waals surface area (Å²) in [5.41, 5.74) is 2.42. The van der Waals surface area contributed by atoms with Crippen molar-refractivity contribution < 1.29 is 18.3 Å². The van der Waals surface area contributed by atoms with Gasteiger partial charge in [-0.3, -0.25) is 4.79 Å². The van der Waals surface area contributed by atoms with Gasteiger partial charge in [0, 0.05) is 29.7 Å². The minimum Gasteiger partial charge on any atom is -0.497 e. The molecule has 0 saturated heterocycles. The number of carbonyl (C=O) groups excluding carboxylic acids is 1. The Balaban J connectivity index is 1.40. The summed E-state index contributed by atoms with van der Waals surface area (Å²) in [6.45, 7) is 0.452. The maximum absolute atomic E-state index is 13.8. The molecule has 2 aromatic carbocycles. The van der Waals surface area contributed by atoms with Crippen LogP contribution in [-0.2, 0) is 6.42 Å². The summed E-state index contributed by atoms with van der Waals surface area (Å²) >= 11 is 0. The summed E-state index contributed by atoms with van der Waals surface area (Å²) in [4.78, 5) is 15.5. The number of fused-ring (bicyclic) bond motifs is 1. The largest absolute Gasteiger partial charge is 0.497 e. The monoisotopic (exact) mass is 378 g/mol. The number of methoxy groups -OCH3 is 1. The average Bonchev–Trinajstić information content (AvgIpc) is 3.35. The molecule has 0 aliphatic carbocycles. The van der Waals surface area contributed by atoms with Crippen molar-refractivity contribution in [3.63, 3.8) is 0 Å². The molecule has 4 rings (SSSR count). The summed E-state index contributed by atoms with van der Waals surface area (Å²) in [5, 5.41) is 3.93. The minimum atomic E-state index is -0.389. The van der Waals surface area contributed by atoms with Crippen LogP contribution in [0.25, 0.3) is 22.2 Å². The first-order chi connectivity index (χ1) is 13.7. The van der Waals surface area contributed by atoms with Gasteiger partial charge in [0.05, 0.1) is 12.7 Å². The van der Waals surface area contributed by atoms with Crippen LogP contribution in [0.15, 0.2) is 65.2 Å². The van der Waals surface area contributed by atoms with Gasteiger partial charge in [-0.25, -0.2) is 4.39 Å². The summed E-state index contributed by atoms with van der Waals surface area (Å²) < 4.78 is 24.6. The van der Waals surface area contributed by atoms with Crippen LogP contribution in [-0.4, -0.2) is 24.5 Å². The van der Waals surface area contributed by atoms with Gasteiger partial charge >= 0.3 is 0 Å². The van der Waals surface area contributed by atoms with Crippen molar-refractivity contribution in [1.82, 2.24) is 10.3 Å². The van der Waals surface area contributed by atoms with Crippen molar-refractivity contribution in [2.45, 2.75) is 6.42 Å². The zero-order valence-electron chi connectivity index (χ0n) is 15.3. The van der Waals surface area contributed by atoms with Gasteiger partial charge in [0.25, 0.3) is 5.91 Å². The van der Waals surface area contributed by atoms with Gasteiger partial charge in [0.1, 0.15) is 17.3 Å². The van der Waals surface area contributed by atoms with Crippen LogP contribution < -0.4 is 10.1 Å². The molecule has 1 amide bonds. The topological polar surface area (TPSA) is 67.3 Å². The molecular formula is C22H19FN2O3. The quantitative estimate of drug-likeness (QED) is 0.517. The van der Waals surface area contributed by atoms with Gasteiger partial charge < -0.3 is 19.5 Å². The third kappa shape index (κ3) is 3.49. The molecule has 0 aliphatic rings. The van der Waals surface area contributed by atoms with E-state index in [4.69, 9.17) is 9.15 Å². The molecule has 2 heterocycles.